The van der Waals surface area contributed by atoms with Gasteiger partial charge in [-0.25, -0.2) is 0 Å². The van der Waals surface area contributed by atoms with E-state index < -0.39 is 0 Å². The van der Waals surface area contributed by atoms with Crippen LogP contribution in [0, 0.1) is 5.92 Å². The molecule has 0 radical (unpaired) electrons. The van der Waals surface area contributed by atoms with Gasteiger partial charge in [0.2, 0.25) is 0 Å². The van der Waals surface area contributed by atoms with Crippen LogP contribution in [0.25, 0.3) is 0 Å². The van der Waals surface area contributed by atoms with Crippen LogP contribution in [-0.4, -0.2) is 30.4 Å². The molecule has 3 heteroatoms. The minimum Gasteiger partial charge on any atom is -0.310 e. The van der Waals surface area contributed by atoms with Gasteiger partial charge in [-0.3, -0.25) is 4.79 Å². The lowest BCUT2D eigenvalue weighted by Gasteiger charge is -2.23. The summed E-state index contributed by atoms with van der Waals surface area (Å²) < 4.78 is 0. The highest BCUT2D eigenvalue weighted by atomic mass is 32.2. The van der Waals surface area contributed by atoms with E-state index in [1.807, 2.05) is 18.8 Å². The van der Waals surface area contributed by atoms with Crippen LogP contribution in [0.1, 0.15) is 27.2 Å². The van der Waals surface area contributed by atoms with Crippen molar-refractivity contribution in [1.82, 2.24) is 5.32 Å². The maximum absolute atomic E-state index is 11.2. The highest BCUT2D eigenvalue weighted by molar-refractivity contribution is 7.99. The first-order valence-corrected chi connectivity index (χ1v) is 6.02. The van der Waals surface area contributed by atoms with Crippen molar-refractivity contribution in [3.05, 3.63) is 0 Å². The summed E-state index contributed by atoms with van der Waals surface area (Å²) in [5.74, 6) is 0.660. The van der Waals surface area contributed by atoms with E-state index in [1.165, 1.54) is 0 Å². The van der Waals surface area contributed by atoms with E-state index >= 15 is 0 Å². The zero-order chi connectivity index (χ0) is 10.4. The molecule has 0 aliphatic rings. The highest BCUT2D eigenvalue weighted by Crippen LogP contribution is 2.18. The highest BCUT2D eigenvalue weighted by Gasteiger charge is 2.21. The van der Waals surface area contributed by atoms with Crippen LogP contribution < -0.4 is 5.32 Å². The number of nitrogens with one attached hydrogen (secondary N) is 1. The Labute approximate surface area is 85.9 Å². The van der Waals surface area contributed by atoms with Crippen molar-refractivity contribution in [2.45, 2.75) is 38.5 Å². The van der Waals surface area contributed by atoms with Crippen molar-refractivity contribution >= 4 is 17.5 Å². The third-order valence-corrected chi connectivity index (χ3v) is 3.42. The summed E-state index contributed by atoms with van der Waals surface area (Å²) in [5.41, 5.74) is 0. The Balaban J connectivity index is 4.05. The Morgan fingerprint density at radius 2 is 2.00 bits per heavy atom. The lowest BCUT2D eigenvalue weighted by molar-refractivity contribution is -0.120. The van der Waals surface area contributed by atoms with Crippen LogP contribution >= 0.6 is 11.8 Å². The van der Waals surface area contributed by atoms with Crippen LogP contribution in [0.15, 0.2) is 0 Å². The van der Waals surface area contributed by atoms with Crippen molar-refractivity contribution < 1.29 is 4.79 Å². The molecule has 0 aliphatic carbocycles. The van der Waals surface area contributed by atoms with Gasteiger partial charge in [0.1, 0.15) is 5.78 Å². The molecule has 3 unspecified atom stereocenters. The van der Waals surface area contributed by atoms with Gasteiger partial charge < -0.3 is 5.32 Å². The van der Waals surface area contributed by atoms with Crippen molar-refractivity contribution in [3.8, 4) is 0 Å². The van der Waals surface area contributed by atoms with Crippen LogP contribution in [0.2, 0.25) is 0 Å². The number of likely N-dealkylation sites (N-methyl/N-ethyl adjacent to an activating group) is 1. The van der Waals surface area contributed by atoms with Crippen molar-refractivity contribution in [1.29, 1.82) is 0 Å². The lowest BCUT2D eigenvalue weighted by Crippen LogP contribution is -2.39. The fourth-order valence-electron chi connectivity index (χ4n) is 1.64. The van der Waals surface area contributed by atoms with Crippen molar-refractivity contribution in [2.24, 2.45) is 5.92 Å². The number of hydrogen-bond acceptors (Lipinski definition) is 3. The molecule has 78 valence electrons. The molecule has 1 N–H and O–H groups in total. The zero-order valence-corrected chi connectivity index (χ0v) is 10.1. The molecule has 0 aliphatic heterocycles. The van der Waals surface area contributed by atoms with Gasteiger partial charge in [0.15, 0.2) is 0 Å². The second kappa shape index (κ2) is 6.44. The van der Waals surface area contributed by atoms with Crippen LogP contribution in [0.4, 0.5) is 0 Å². The van der Waals surface area contributed by atoms with Crippen molar-refractivity contribution in [3.63, 3.8) is 0 Å². The first-order valence-electron chi connectivity index (χ1n) is 4.73. The third-order valence-electron chi connectivity index (χ3n) is 2.42. The van der Waals surface area contributed by atoms with Gasteiger partial charge in [0, 0.05) is 5.25 Å². The summed E-state index contributed by atoms with van der Waals surface area (Å²) in [4.78, 5) is 11.2. The Morgan fingerprint density at radius 3 is 2.31 bits per heavy atom. The van der Waals surface area contributed by atoms with Crippen molar-refractivity contribution in [2.75, 3.05) is 13.3 Å². The smallest absolute Gasteiger partial charge is 0.146 e. The van der Waals surface area contributed by atoms with Gasteiger partial charge in [-0.15, -0.1) is 0 Å². The van der Waals surface area contributed by atoms with E-state index in [1.54, 1.807) is 6.92 Å². The number of ketones is 1. The van der Waals surface area contributed by atoms with Crippen LogP contribution in [-0.2, 0) is 4.79 Å². The molecular formula is C10H21NOS. The van der Waals surface area contributed by atoms with Gasteiger partial charge in [-0.05, 0) is 32.6 Å². The van der Waals surface area contributed by atoms with E-state index in [0.717, 1.165) is 6.42 Å². The Hall–Kier alpha value is -0.0200. The number of carbonyl (C=O) groups excluding carboxylic acids is 1. The molecule has 0 saturated carbocycles. The minimum absolute atomic E-state index is 0.0228. The molecule has 0 bridgehead atoms. The second-order valence-electron chi connectivity index (χ2n) is 3.64. The van der Waals surface area contributed by atoms with E-state index in [9.17, 15) is 4.79 Å². The lowest BCUT2D eigenvalue weighted by atomic mass is 9.94. The molecule has 3 atom stereocenters. The quantitative estimate of drug-likeness (QED) is 0.715. The largest absolute Gasteiger partial charge is 0.310 e. The normalized spacial score (nSPS) is 17.9. The number of thioether (sulfide) groups is 1. The monoisotopic (exact) mass is 203 g/mol. The van der Waals surface area contributed by atoms with E-state index in [4.69, 9.17) is 0 Å². The van der Waals surface area contributed by atoms with Crippen LogP contribution in [0.5, 0.6) is 0 Å². The first-order chi connectivity index (χ1) is 6.02. The summed E-state index contributed by atoms with van der Waals surface area (Å²) >= 11 is 1.85. The Bertz CT molecular complexity index is 161. The SMILES string of the molecule is CNC(C(C)=O)C(C)CC(C)SC. The Kier molecular flexibility index (Phi) is 6.43. The zero-order valence-electron chi connectivity index (χ0n) is 9.26. The molecule has 0 amide bonds. The predicted octanol–water partition coefficient (Wildman–Crippen LogP) is 1.94. The van der Waals surface area contributed by atoms with Crippen LogP contribution in [0.3, 0.4) is 0 Å². The van der Waals surface area contributed by atoms with Gasteiger partial charge >= 0.3 is 0 Å². The second-order valence-corrected chi connectivity index (χ2v) is 4.91. The average molecular weight is 203 g/mol. The van der Waals surface area contributed by atoms with Gasteiger partial charge in [-0.1, -0.05) is 13.8 Å². The van der Waals surface area contributed by atoms with E-state index in [2.05, 4.69) is 25.4 Å². The minimum atomic E-state index is 0.0228. The fourth-order valence-corrected chi connectivity index (χ4v) is 2.14. The molecule has 13 heavy (non-hydrogen) atoms. The fraction of sp³-hybridized carbons (Fsp3) is 0.900. The molecular weight excluding hydrogens is 182 g/mol. The maximum Gasteiger partial charge on any atom is 0.146 e. The van der Waals surface area contributed by atoms with E-state index in [0.29, 0.717) is 11.2 Å². The topological polar surface area (TPSA) is 29.1 Å². The molecule has 2 nitrogen and oxygen atoms in total. The Morgan fingerprint density at radius 1 is 1.46 bits per heavy atom. The third kappa shape index (κ3) is 4.67. The van der Waals surface area contributed by atoms with Gasteiger partial charge in [-0.2, -0.15) is 11.8 Å². The number of Topliss-reactive ketones (excluding diaryl/α,β-unsaturated/α-hetero) is 1. The molecule has 0 spiro atoms. The summed E-state index contributed by atoms with van der Waals surface area (Å²) in [6, 6.07) is 0.0228. The molecule has 0 aromatic heterocycles. The molecule has 0 fully saturated rings. The molecule has 0 aromatic carbocycles. The summed E-state index contributed by atoms with van der Waals surface area (Å²) in [5, 5.41) is 3.70. The molecule has 0 rings (SSSR count). The maximum atomic E-state index is 11.2. The standard InChI is InChI=1S/C10H21NOS/c1-7(6-8(2)13-5)10(11-4)9(3)12/h7-8,10-11H,6H2,1-5H3. The van der Waals surface area contributed by atoms with Gasteiger partial charge in [0.25, 0.3) is 0 Å². The summed E-state index contributed by atoms with van der Waals surface area (Å²) in [6.07, 6.45) is 3.20. The number of carbonyl (C=O) groups is 1. The predicted molar refractivity (Wildman–Crippen MR) is 60.3 cm³/mol. The average Bonchev–Trinajstić information content (AvgIpc) is 2.04. The summed E-state index contributed by atoms with van der Waals surface area (Å²) in [7, 11) is 1.85. The molecule has 0 heterocycles. The number of hydrogen-bond donors (Lipinski definition) is 1. The summed E-state index contributed by atoms with van der Waals surface area (Å²) in [6.45, 7) is 5.99. The molecule has 0 saturated heterocycles. The van der Waals surface area contributed by atoms with Gasteiger partial charge in [0.05, 0.1) is 6.04 Å². The van der Waals surface area contributed by atoms with E-state index in [-0.39, 0.29) is 11.8 Å². The molecule has 0 aromatic rings. The first kappa shape index (κ1) is 13.0. The number of rotatable bonds is 6.